The van der Waals surface area contributed by atoms with Gasteiger partial charge in [-0.15, -0.1) is 10.2 Å². The van der Waals surface area contributed by atoms with Crippen LogP contribution in [0.4, 0.5) is 5.13 Å². The van der Waals surface area contributed by atoms with E-state index in [0.717, 1.165) is 60.4 Å². The van der Waals surface area contributed by atoms with Crippen LogP contribution in [-0.2, 0) is 17.7 Å². The average molecular weight is 398 g/mol. The molecule has 0 spiro atoms. The number of thiazole rings is 1. The predicted molar refractivity (Wildman–Crippen MR) is 108 cm³/mol. The highest BCUT2D eigenvalue weighted by Crippen LogP contribution is 2.34. The van der Waals surface area contributed by atoms with Gasteiger partial charge >= 0.3 is 0 Å². The van der Waals surface area contributed by atoms with Crippen molar-refractivity contribution >= 4 is 32.6 Å². The van der Waals surface area contributed by atoms with E-state index in [1.165, 1.54) is 5.56 Å². The Bertz CT molecular complexity index is 1010. The van der Waals surface area contributed by atoms with Crippen LogP contribution >= 0.6 is 11.3 Å². The molecule has 146 valence electrons. The quantitative estimate of drug-likeness (QED) is 0.676. The molecule has 7 nitrogen and oxygen atoms in total. The van der Waals surface area contributed by atoms with E-state index in [-0.39, 0.29) is 12.0 Å². The molecule has 2 aromatic heterocycles. The molecule has 1 amide bonds. The molecule has 1 atom stereocenters. The van der Waals surface area contributed by atoms with Crippen LogP contribution in [0, 0.1) is 13.8 Å². The number of fused-ring (bicyclic) bond motifs is 2. The molecular weight excluding hydrogens is 374 g/mol. The van der Waals surface area contributed by atoms with Crippen LogP contribution < -0.4 is 4.90 Å². The maximum atomic E-state index is 13.5. The molecule has 1 fully saturated rings. The first-order chi connectivity index (χ1) is 13.6. The van der Waals surface area contributed by atoms with Gasteiger partial charge < -0.3 is 9.30 Å². The summed E-state index contributed by atoms with van der Waals surface area (Å²) in [6.45, 7) is 6.20. The topological polar surface area (TPSA) is 73.1 Å². The number of carbonyl (C=O) groups is 1. The van der Waals surface area contributed by atoms with E-state index in [1.807, 2.05) is 4.57 Å². The first kappa shape index (κ1) is 17.8. The standard InChI is InChI=1S/C20H23N5O2S/c1-12-7-8-13(2)17-16(12)21-20(28-17)25(11-14-5-4-10-27-14)19(26)18-23-22-15-6-3-9-24(15)18/h7-8,14H,3-6,9-11H2,1-2H3. The van der Waals surface area contributed by atoms with E-state index in [1.54, 1.807) is 16.2 Å². The zero-order chi connectivity index (χ0) is 19.3. The van der Waals surface area contributed by atoms with Gasteiger partial charge in [0.05, 0.1) is 22.9 Å². The Hall–Kier alpha value is -2.32. The van der Waals surface area contributed by atoms with E-state index < -0.39 is 0 Å². The molecule has 2 aliphatic rings. The molecule has 1 unspecified atom stereocenters. The maximum absolute atomic E-state index is 13.5. The number of aromatic nitrogens is 4. The number of anilines is 1. The van der Waals surface area contributed by atoms with Crippen molar-refractivity contribution in [2.24, 2.45) is 0 Å². The maximum Gasteiger partial charge on any atom is 0.298 e. The summed E-state index contributed by atoms with van der Waals surface area (Å²) < 4.78 is 8.91. The summed E-state index contributed by atoms with van der Waals surface area (Å²) in [6.07, 6.45) is 3.93. The molecular formula is C20H23N5O2S. The Morgan fingerprint density at radius 2 is 2.14 bits per heavy atom. The molecule has 1 aromatic carbocycles. The number of nitrogens with zero attached hydrogens (tertiary/aromatic N) is 5. The Labute approximate surface area is 167 Å². The number of hydrogen-bond donors (Lipinski definition) is 0. The summed E-state index contributed by atoms with van der Waals surface area (Å²) in [5.41, 5.74) is 3.27. The molecule has 5 rings (SSSR count). The summed E-state index contributed by atoms with van der Waals surface area (Å²) >= 11 is 1.57. The first-order valence-corrected chi connectivity index (χ1v) is 10.7. The molecule has 4 heterocycles. The van der Waals surface area contributed by atoms with Gasteiger partial charge in [-0.25, -0.2) is 4.98 Å². The summed E-state index contributed by atoms with van der Waals surface area (Å²) in [7, 11) is 0. The molecule has 0 N–H and O–H groups in total. The minimum Gasteiger partial charge on any atom is -0.376 e. The second kappa shape index (κ2) is 6.93. The van der Waals surface area contributed by atoms with Gasteiger partial charge in [0.15, 0.2) is 5.13 Å². The van der Waals surface area contributed by atoms with E-state index in [0.29, 0.717) is 17.5 Å². The smallest absolute Gasteiger partial charge is 0.298 e. The Morgan fingerprint density at radius 1 is 1.29 bits per heavy atom. The lowest BCUT2D eigenvalue weighted by molar-refractivity contribution is 0.0905. The number of ether oxygens (including phenoxy) is 1. The zero-order valence-corrected chi connectivity index (χ0v) is 17.0. The Balaban J connectivity index is 1.57. The highest BCUT2D eigenvalue weighted by Gasteiger charge is 2.32. The molecule has 1 saturated heterocycles. The monoisotopic (exact) mass is 397 g/mol. The molecule has 0 aliphatic carbocycles. The van der Waals surface area contributed by atoms with Gasteiger partial charge in [-0.05, 0) is 44.2 Å². The van der Waals surface area contributed by atoms with Crippen molar-refractivity contribution in [1.82, 2.24) is 19.7 Å². The van der Waals surface area contributed by atoms with Crippen LogP contribution in [0.3, 0.4) is 0 Å². The van der Waals surface area contributed by atoms with Crippen LogP contribution in [0.1, 0.15) is 46.8 Å². The third-order valence-corrected chi connectivity index (χ3v) is 6.83. The van der Waals surface area contributed by atoms with E-state index in [4.69, 9.17) is 9.72 Å². The Kier molecular flexibility index (Phi) is 4.40. The summed E-state index contributed by atoms with van der Waals surface area (Å²) in [5.74, 6) is 1.18. The van der Waals surface area contributed by atoms with Gasteiger partial charge in [-0.2, -0.15) is 0 Å². The number of hydrogen-bond acceptors (Lipinski definition) is 6. The van der Waals surface area contributed by atoms with Gasteiger partial charge in [-0.3, -0.25) is 9.69 Å². The van der Waals surface area contributed by atoms with Crippen molar-refractivity contribution in [3.8, 4) is 0 Å². The highest BCUT2D eigenvalue weighted by atomic mass is 32.1. The van der Waals surface area contributed by atoms with Crippen molar-refractivity contribution in [3.63, 3.8) is 0 Å². The predicted octanol–water partition coefficient (Wildman–Crippen LogP) is 3.28. The van der Waals surface area contributed by atoms with Gasteiger partial charge in [0.25, 0.3) is 5.91 Å². The van der Waals surface area contributed by atoms with Crippen molar-refractivity contribution in [3.05, 3.63) is 34.9 Å². The fraction of sp³-hybridized carbons (Fsp3) is 0.500. The fourth-order valence-electron chi connectivity index (χ4n) is 4.03. The lowest BCUT2D eigenvalue weighted by Crippen LogP contribution is -2.38. The lowest BCUT2D eigenvalue weighted by atomic mass is 10.1. The average Bonchev–Trinajstić information content (AvgIpc) is 3.45. The molecule has 28 heavy (non-hydrogen) atoms. The molecule has 0 saturated carbocycles. The minimum absolute atomic E-state index is 0.0409. The number of aryl methyl sites for hydroxylation is 3. The number of amides is 1. The van der Waals surface area contributed by atoms with Gasteiger partial charge in [-0.1, -0.05) is 23.5 Å². The van der Waals surface area contributed by atoms with Gasteiger partial charge in [0, 0.05) is 19.6 Å². The van der Waals surface area contributed by atoms with E-state index in [9.17, 15) is 4.79 Å². The van der Waals surface area contributed by atoms with Crippen molar-refractivity contribution < 1.29 is 9.53 Å². The minimum atomic E-state index is -0.134. The largest absolute Gasteiger partial charge is 0.376 e. The van der Waals surface area contributed by atoms with Crippen LogP contribution in [-0.4, -0.2) is 44.9 Å². The zero-order valence-electron chi connectivity index (χ0n) is 16.1. The molecule has 8 heteroatoms. The molecule has 0 bridgehead atoms. The van der Waals surface area contributed by atoms with Gasteiger partial charge in [0.2, 0.25) is 5.82 Å². The van der Waals surface area contributed by atoms with Gasteiger partial charge in [0.1, 0.15) is 5.82 Å². The third-order valence-electron chi connectivity index (χ3n) is 5.62. The van der Waals surface area contributed by atoms with E-state index >= 15 is 0 Å². The Morgan fingerprint density at radius 3 is 2.93 bits per heavy atom. The number of benzene rings is 1. The normalized spacial score (nSPS) is 18.7. The molecule has 0 radical (unpaired) electrons. The van der Waals surface area contributed by atoms with E-state index in [2.05, 4.69) is 36.2 Å². The SMILES string of the molecule is Cc1ccc(C)c2sc(N(CC3CCCO3)C(=O)c3nnc4n3CCC4)nc12. The van der Waals surface area contributed by atoms with Crippen LogP contribution in [0.5, 0.6) is 0 Å². The highest BCUT2D eigenvalue weighted by molar-refractivity contribution is 7.22. The van der Waals surface area contributed by atoms with Crippen molar-refractivity contribution in [2.45, 2.75) is 52.2 Å². The van der Waals surface area contributed by atoms with Crippen molar-refractivity contribution in [2.75, 3.05) is 18.1 Å². The number of rotatable bonds is 4. The summed E-state index contributed by atoms with van der Waals surface area (Å²) in [4.78, 5) is 20.1. The fourth-order valence-corrected chi connectivity index (χ4v) is 5.15. The number of carbonyl (C=O) groups excluding carboxylic acids is 1. The van der Waals surface area contributed by atoms with Crippen LogP contribution in [0.15, 0.2) is 12.1 Å². The second-order valence-corrected chi connectivity index (χ2v) is 8.60. The molecule has 3 aromatic rings. The third kappa shape index (κ3) is 2.91. The first-order valence-electron chi connectivity index (χ1n) is 9.84. The molecule has 2 aliphatic heterocycles. The lowest BCUT2D eigenvalue weighted by Gasteiger charge is -2.22. The second-order valence-electron chi connectivity index (χ2n) is 7.62. The summed E-state index contributed by atoms with van der Waals surface area (Å²) in [6, 6.07) is 4.19. The van der Waals surface area contributed by atoms with Crippen LogP contribution in [0.25, 0.3) is 10.2 Å². The summed E-state index contributed by atoms with van der Waals surface area (Å²) in [5, 5.41) is 9.13. The van der Waals surface area contributed by atoms with Crippen LogP contribution in [0.2, 0.25) is 0 Å². The van der Waals surface area contributed by atoms with Crippen molar-refractivity contribution in [1.29, 1.82) is 0 Å².